The van der Waals surface area contributed by atoms with Crippen LogP contribution in [0.3, 0.4) is 0 Å². The zero-order valence-electron chi connectivity index (χ0n) is 9.92. The quantitative estimate of drug-likeness (QED) is 0.465. The number of benzene rings is 1. The van der Waals surface area contributed by atoms with Gasteiger partial charge in [0.1, 0.15) is 11.7 Å². The number of rotatable bonds is 3. The maximum Gasteiger partial charge on any atom is 0.345 e. The fraction of sp³-hybridized carbons (Fsp3) is 0.417. The molecule has 2 rings (SSSR count). The van der Waals surface area contributed by atoms with Crippen LogP contribution in [0.15, 0.2) is 18.2 Å². The van der Waals surface area contributed by atoms with Gasteiger partial charge in [0, 0.05) is 12.5 Å². The Morgan fingerprint density at radius 1 is 1.56 bits per heavy atom. The number of ether oxygens (including phenoxy) is 2. The summed E-state index contributed by atoms with van der Waals surface area (Å²) in [7, 11) is 0. The smallest absolute Gasteiger partial charge is 0.345 e. The molecule has 0 spiro atoms. The SMILES string of the molecule is Cc1ccc([N+](=O)[O-])c(C(=O)OC2CCOC2)c1. The molecule has 0 radical (unpaired) electrons. The molecule has 1 aliphatic rings. The molecule has 6 heteroatoms. The molecule has 1 atom stereocenters. The lowest BCUT2D eigenvalue weighted by atomic mass is 10.1. The van der Waals surface area contributed by atoms with Crippen molar-refractivity contribution in [2.75, 3.05) is 13.2 Å². The molecule has 96 valence electrons. The van der Waals surface area contributed by atoms with Gasteiger partial charge in [0.15, 0.2) is 0 Å². The topological polar surface area (TPSA) is 78.7 Å². The highest BCUT2D eigenvalue weighted by atomic mass is 16.6. The summed E-state index contributed by atoms with van der Waals surface area (Å²) in [6, 6.07) is 4.38. The van der Waals surface area contributed by atoms with Gasteiger partial charge in [0.25, 0.3) is 5.69 Å². The Labute approximate surface area is 104 Å². The minimum absolute atomic E-state index is 0.00750. The monoisotopic (exact) mass is 251 g/mol. The van der Waals surface area contributed by atoms with E-state index in [-0.39, 0.29) is 17.4 Å². The van der Waals surface area contributed by atoms with Crippen LogP contribution in [0.4, 0.5) is 5.69 Å². The number of carbonyl (C=O) groups excluding carboxylic acids is 1. The van der Waals surface area contributed by atoms with E-state index in [1.807, 2.05) is 0 Å². The molecule has 0 N–H and O–H groups in total. The van der Waals surface area contributed by atoms with Crippen molar-refractivity contribution in [1.29, 1.82) is 0 Å². The molecule has 0 aromatic heterocycles. The van der Waals surface area contributed by atoms with Crippen LogP contribution in [0.25, 0.3) is 0 Å². The minimum atomic E-state index is -0.666. The Kier molecular flexibility index (Phi) is 3.57. The third kappa shape index (κ3) is 2.65. The summed E-state index contributed by atoms with van der Waals surface area (Å²) >= 11 is 0. The zero-order valence-corrected chi connectivity index (χ0v) is 9.92. The van der Waals surface area contributed by atoms with Crippen molar-refractivity contribution < 1.29 is 19.2 Å². The maximum atomic E-state index is 11.9. The van der Waals surface area contributed by atoms with E-state index < -0.39 is 10.9 Å². The Hall–Kier alpha value is -1.95. The third-order valence-electron chi connectivity index (χ3n) is 2.73. The maximum absolute atomic E-state index is 11.9. The second-order valence-electron chi connectivity index (χ2n) is 4.17. The van der Waals surface area contributed by atoms with Crippen molar-refractivity contribution in [3.63, 3.8) is 0 Å². The normalized spacial score (nSPS) is 18.6. The van der Waals surface area contributed by atoms with Crippen molar-refractivity contribution in [3.8, 4) is 0 Å². The van der Waals surface area contributed by atoms with Gasteiger partial charge < -0.3 is 9.47 Å². The Bertz CT molecular complexity index is 479. The van der Waals surface area contributed by atoms with Crippen molar-refractivity contribution >= 4 is 11.7 Å². The molecule has 1 heterocycles. The molecule has 0 aliphatic carbocycles. The van der Waals surface area contributed by atoms with Crippen molar-refractivity contribution in [1.82, 2.24) is 0 Å². The molecular formula is C12H13NO5. The lowest BCUT2D eigenvalue weighted by Crippen LogP contribution is -2.19. The van der Waals surface area contributed by atoms with Gasteiger partial charge in [-0.2, -0.15) is 0 Å². The molecule has 1 fully saturated rings. The van der Waals surface area contributed by atoms with Gasteiger partial charge >= 0.3 is 5.97 Å². The summed E-state index contributed by atoms with van der Waals surface area (Å²) in [5.74, 6) is -0.666. The fourth-order valence-corrected chi connectivity index (χ4v) is 1.79. The fourth-order valence-electron chi connectivity index (χ4n) is 1.79. The Balaban J connectivity index is 2.22. The number of nitrogens with zero attached hydrogens (tertiary/aromatic N) is 1. The van der Waals surface area contributed by atoms with Gasteiger partial charge in [-0.25, -0.2) is 4.79 Å². The summed E-state index contributed by atoms with van der Waals surface area (Å²) < 4.78 is 10.3. The standard InChI is InChI=1S/C12H13NO5/c1-8-2-3-11(13(15)16)10(6-8)12(14)18-9-4-5-17-7-9/h2-3,6,9H,4-5,7H2,1H3. The second-order valence-corrected chi connectivity index (χ2v) is 4.17. The largest absolute Gasteiger partial charge is 0.456 e. The van der Waals surface area contributed by atoms with Gasteiger partial charge in [0.05, 0.1) is 18.1 Å². The number of nitro groups is 1. The van der Waals surface area contributed by atoms with Crippen LogP contribution in [-0.2, 0) is 9.47 Å². The van der Waals surface area contributed by atoms with E-state index in [4.69, 9.17) is 9.47 Å². The molecule has 18 heavy (non-hydrogen) atoms. The predicted molar refractivity (Wildman–Crippen MR) is 62.5 cm³/mol. The average Bonchev–Trinajstić information content (AvgIpc) is 2.81. The van der Waals surface area contributed by atoms with Crippen molar-refractivity contribution in [2.24, 2.45) is 0 Å². The van der Waals surface area contributed by atoms with E-state index in [9.17, 15) is 14.9 Å². The number of carbonyl (C=O) groups is 1. The van der Waals surface area contributed by atoms with E-state index in [1.165, 1.54) is 12.1 Å². The lowest BCUT2D eigenvalue weighted by Gasteiger charge is -2.10. The number of aryl methyl sites for hydroxylation is 1. The zero-order chi connectivity index (χ0) is 13.1. The first kappa shape index (κ1) is 12.5. The molecule has 0 bridgehead atoms. The van der Waals surface area contributed by atoms with Crippen LogP contribution in [0, 0.1) is 17.0 Å². The first-order valence-corrected chi connectivity index (χ1v) is 5.61. The van der Waals surface area contributed by atoms with Gasteiger partial charge in [-0.15, -0.1) is 0 Å². The molecule has 0 saturated carbocycles. The molecule has 1 saturated heterocycles. The van der Waals surface area contributed by atoms with Crippen molar-refractivity contribution in [2.45, 2.75) is 19.4 Å². The summed E-state index contributed by atoms with van der Waals surface area (Å²) in [6.07, 6.45) is 0.323. The van der Waals surface area contributed by atoms with Crippen LogP contribution >= 0.6 is 0 Å². The van der Waals surface area contributed by atoms with Crippen LogP contribution in [-0.4, -0.2) is 30.2 Å². The summed E-state index contributed by atoms with van der Waals surface area (Å²) in [6.45, 7) is 2.67. The van der Waals surface area contributed by atoms with Crippen LogP contribution in [0.2, 0.25) is 0 Å². The predicted octanol–water partition coefficient (Wildman–Crippen LogP) is 1.85. The number of nitro benzene ring substituents is 1. The summed E-state index contributed by atoms with van der Waals surface area (Å²) in [5, 5.41) is 10.8. The molecule has 0 amide bonds. The van der Waals surface area contributed by atoms with E-state index in [0.29, 0.717) is 19.6 Å². The minimum Gasteiger partial charge on any atom is -0.456 e. The second kappa shape index (κ2) is 5.14. The van der Waals surface area contributed by atoms with E-state index in [2.05, 4.69) is 0 Å². The highest BCUT2D eigenvalue weighted by Gasteiger charge is 2.26. The van der Waals surface area contributed by atoms with Crippen molar-refractivity contribution in [3.05, 3.63) is 39.4 Å². The van der Waals surface area contributed by atoms with Crippen LogP contribution in [0.5, 0.6) is 0 Å². The highest BCUT2D eigenvalue weighted by molar-refractivity contribution is 5.94. The third-order valence-corrected chi connectivity index (χ3v) is 2.73. The van der Waals surface area contributed by atoms with Crippen LogP contribution < -0.4 is 0 Å². The molecule has 1 aromatic carbocycles. The van der Waals surface area contributed by atoms with E-state index in [1.54, 1.807) is 13.0 Å². The number of hydrogen-bond donors (Lipinski definition) is 0. The van der Waals surface area contributed by atoms with Gasteiger partial charge in [-0.05, 0) is 18.6 Å². The van der Waals surface area contributed by atoms with Gasteiger partial charge in [-0.3, -0.25) is 10.1 Å². The first-order valence-electron chi connectivity index (χ1n) is 5.61. The summed E-state index contributed by atoms with van der Waals surface area (Å²) in [5.41, 5.74) is 0.534. The Morgan fingerprint density at radius 2 is 2.33 bits per heavy atom. The lowest BCUT2D eigenvalue weighted by molar-refractivity contribution is -0.385. The molecule has 1 aliphatic heterocycles. The number of hydrogen-bond acceptors (Lipinski definition) is 5. The molecule has 1 unspecified atom stereocenters. The average molecular weight is 251 g/mol. The highest BCUT2D eigenvalue weighted by Crippen LogP contribution is 2.22. The Morgan fingerprint density at radius 3 is 2.94 bits per heavy atom. The van der Waals surface area contributed by atoms with E-state index >= 15 is 0 Å². The molecule has 6 nitrogen and oxygen atoms in total. The van der Waals surface area contributed by atoms with Gasteiger partial charge in [0.2, 0.25) is 0 Å². The van der Waals surface area contributed by atoms with E-state index in [0.717, 1.165) is 5.56 Å². The summed E-state index contributed by atoms with van der Waals surface area (Å²) in [4.78, 5) is 22.2. The molecule has 1 aromatic rings. The molecular weight excluding hydrogens is 238 g/mol. The first-order chi connectivity index (χ1) is 8.58. The number of esters is 1. The van der Waals surface area contributed by atoms with Crippen LogP contribution in [0.1, 0.15) is 22.3 Å². The van der Waals surface area contributed by atoms with Gasteiger partial charge in [-0.1, -0.05) is 6.07 Å².